The number of nitrogens with one attached hydrogen (secondary N) is 4. The molecule has 12 atom stereocenters. The number of aliphatic hydroxyl groups is 1. The summed E-state index contributed by atoms with van der Waals surface area (Å²) in [5.41, 5.74) is -1.40. The molecule has 0 aromatic heterocycles. The Morgan fingerprint density at radius 3 is 1.45 bits per heavy atom. The Bertz CT molecular complexity index is 2550. The Hall–Kier alpha value is -6.66. The van der Waals surface area contributed by atoms with Crippen LogP contribution in [-0.2, 0) is 62.3 Å². The van der Waals surface area contributed by atoms with Crippen LogP contribution in [0.25, 0.3) is 0 Å². The van der Waals surface area contributed by atoms with E-state index >= 15 is 14.4 Å². The molecule has 1 saturated heterocycles. The van der Waals surface area contributed by atoms with Crippen LogP contribution in [0.5, 0.6) is 0 Å². The van der Waals surface area contributed by atoms with Crippen molar-refractivity contribution in [3.05, 3.63) is 12.2 Å². The van der Waals surface area contributed by atoms with Gasteiger partial charge in [0.1, 0.15) is 66.0 Å². The van der Waals surface area contributed by atoms with E-state index in [0.29, 0.717) is 0 Å². The van der Waals surface area contributed by atoms with Crippen LogP contribution in [0.2, 0.25) is 0 Å². The summed E-state index contributed by atoms with van der Waals surface area (Å²) in [5.74, 6) is -11.6. The highest BCUT2D eigenvalue weighted by Gasteiger charge is 2.46. The van der Waals surface area contributed by atoms with Gasteiger partial charge in [-0.15, -0.1) is 0 Å². The predicted molar refractivity (Wildman–Crippen MR) is 349 cm³/mol. The number of aliphatic hydroxyl groups excluding tert-OH is 1. The van der Waals surface area contributed by atoms with Gasteiger partial charge in [-0.2, -0.15) is 0 Å². The molecule has 1 aliphatic rings. The molecular formula is C66H117N11O14. The average molecular weight is 1290 g/mol. The fraction of sp³-hybridized carbons (Fsp3) is 0.788. The molecular weight excluding hydrogens is 1170 g/mol. The lowest BCUT2D eigenvalue weighted by molar-refractivity contribution is -0.164. The maximum absolute atomic E-state index is 15.2. The third kappa shape index (κ3) is 23.5. The average Bonchev–Trinajstić information content (AvgIpc) is 0.913. The van der Waals surface area contributed by atoms with E-state index in [4.69, 9.17) is 4.74 Å². The largest absolute Gasteiger partial charge is 0.459 e. The summed E-state index contributed by atoms with van der Waals surface area (Å²) in [7, 11) is 9.67. The second-order valence-electron chi connectivity index (χ2n) is 28.0. The molecule has 1 aliphatic heterocycles. The topological polar surface area (TPSA) is 305 Å². The van der Waals surface area contributed by atoms with Crippen molar-refractivity contribution in [2.45, 2.75) is 242 Å². The Morgan fingerprint density at radius 1 is 0.538 bits per heavy atom. The smallest absolute Gasteiger partial charge is 0.308 e. The molecule has 25 heteroatoms. The van der Waals surface area contributed by atoms with E-state index in [2.05, 4.69) is 21.3 Å². The Balaban J connectivity index is 4.44. The molecule has 91 heavy (non-hydrogen) atoms. The van der Waals surface area contributed by atoms with E-state index < -0.39 is 173 Å². The molecule has 11 amide bonds. The first kappa shape index (κ1) is 82.4. The maximum Gasteiger partial charge on any atom is 0.308 e. The lowest BCUT2D eigenvalue weighted by Gasteiger charge is -2.41. The second-order valence-corrected chi connectivity index (χ2v) is 28.0. The minimum Gasteiger partial charge on any atom is -0.459 e. The number of likely N-dealkylation sites (N-methyl/N-ethyl adjacent to an activating group) is 7. The standard InChI is InChI=1S/C66H117N11O14/c1-27-29-30-42(15)54(79)53-58(83)69-45(28-2)60(85)71(20)35-50(78)72(21)49(34-66(18,19)91-65(90)41(13)14)57(82)70-51(39(9)10)63(88)73(22)46(31-36(3)4)56(81)67-43(16)55(80)68-44(17)59(84)74(23)47(32-37(5)6)61(86)75(24)48(33-38(7)8)62(87)76(25)52(40(11)12)64(89)77(53)26/h27,29,36-49,51-54,79H,28,30-35H2,1-26H3,(H,67,81)(H,68,80)(H,69,83)(H,70,82)/b29-27+/t42?,43-,44+,45-,46-,47-,48-,49-,51-,52-,53-,54?/m0/s1. The van der Waals surface area contributed by atoms with Crippen LogP contribution < -0.4 is 21.3 Å². The summed E-state index contributed by atoms with van der Waals surface area (Å²) in [6.07, 6.45) is 2.35. The van der Waals surface area contributed by atoms with Gasteiger partial charge in [0.25, 0.3) is 0 Å². The lowest BCUT2D eigenvalue weighted by atomic mass is 9.91. The first-order valence-electron chi connectivity index (χ1n) is 32.4. The molecule has 0 aromatic rings. The Labute approximate surface area is 543 Å². The summed E-state index contributed by atoms with van der Waals surface area (Å²) in [6.45, 7) is 31.6. The van der Waals surface area contributed by atoms with Crippen molar-refractivity contribution in [2.24, 2.45) is 41.4 Å². The number of nitrogens with zero attached hydrogens (tertiary/aromatic N) is 7. The predicted octanol–water partition coefficient (Wildman–Crippen LogP) is 3.59. The SMILES string of the molecule is C/C=C/CC(C)C(O)[C@H]1C(=O)N[C@@H](CC)C(=O)N(C)CC(=O)N(C)[C@@H](CC(C)(C)OC(=O)C(C)C)C(=O)N[C@@H](C(C)C)C(=O)N(C)[C@@H](CC(C)C)C(=O)N[C@@H](C)C(=O)N[C@H](C)C(=O)N(C)[C@@H](CC(C)C)C(=O)N(C)[C@@H](CC(C)C)C(=O)N(C)[C@@H](C(C)C)C(=O)N1C. The Kier molecular flexibility index (Phi) is 33.1. The molecule has 25 nitrogen and oxygen atoms in total. The quantitative estimate of drug-likeness (QED) is 0.103. The fourth-order valence-corrected chi connectivity index (χ4v) is 11.1. The van der Waals surface area contributed by atoms with E-state index in [1.165, 1.54) is 82.8 Å². The first-order valence-corrected chi connectivity index (χ1v) is 32.4. The molecule has 2 unspecified atom stereocenters. The normalized spacial score (nSPS) is 26.0. The van der Waals surface area contributed by atoms with Crippen LogP contribution in [0, 0.1) is 41.4 Å². The molecule has 0 spiro atoms. The molecule has 0 aromatic carbocycles. The van der Waals surface area contributed by atoms with Crippen LogP contribution >= 0.6 is 0 Å². The van der Waals surface area contributed by atoms with Crippen molar-refractivity contribution in [2.75, 3.05) is 55.9 Å². The van der Waals surface area contributed by atoms with Gasteiger partial charge in [0.2, 0.25) is 65.0 Å². The van der Waals surface area contributed by atoms with E-state index in [1.54, 1.807) is 88.3 Å². The summed E-state index contributed by atoms with van der Waals surface area (Å²) >= 11 is 0. The van der Waals surface area contributed by atoms with Gasteiger partial charge in [0, 0.05) is 55.8 Å². The van der Waals surface area contributed by atoms with Crippen LogP contribution in [0.4, 0.5) is 0 Å². The van der Waals surface area contributed by atoms with Crippen molar-refractivity contribution >= 4 is 70.9 Å². The van der Waals surface area contributed by atoms with E-state index in [-0.39, 0.29) is 56.3 Å². The van der Waals surface area contributed by atoms with Gasteiger partial charge in [0.15, 0.2) is 0 Å². The van der Waals surface area contributed by atoms with Gasteiger partial charge in [0.05, 0.1) is 18.6 Å². The van der Waals surface area contributed by atoms with Crippen molar-refractivity contribution in [3.8, 4) is 0 Å². The van der Waals surface area contributed by atoms with Crippen LogP contribution in [0.3, 0.4) is 0 Å². The molecule has 1 fully saturated rings. The van der Waals surface area contributed by atoms with E-state index in [1.807, 2.05) is 41.5 Å². The zero-order valence-corrected chi connectivity index (χ0v) is 59.9. The summed E-state index contributed by atoms with van der Waals surface area (Å²) in [6, 6.07) is -13.1. The highest BCUT2D eigenvalue weighted by atomic mass is 16.6. The minimum atomic E-state index is -1.65. The van der Waals surface area contributed by atoms with Crippen molar-refractivity contribution in [1.29, 1.82) is 0 Å². The van der Waals surface area contributed by atoms with Crippen LogP contribution in [0.15, 0.2) is 12.2 Å². The summed E-state index contributed by atoms with van der Waals surface area (Å²) in [4.78, 5) is 183. The first-order chi connectivity index (χ1) is 41.8. The summed E-state index contributed by atoms with van der Waals surface area (Å²) < 4.78 is 5.83. The zero-order chi connectivity index (χ0) is 70.8. The van der Waals surface area contributed by atoms with Gasteiger partial charge in [-0.05, 0) is 102 Å². The molecule has 520 valence electrons. The van der Waals surface area contributed by atoms with Gasteiger partial charge in [-0.25, -0.2) is 0 Å². The third-order valence-electron chi connectivity index (χ3n) is 16.9. The maximum atomic E-state index is 15.2. The van der Waals surface area contributed by atoms with Crippen molar-refractivity contribution < 1.29 is 67.4 Å². The number of hydrogen-bond acceptors (Lipinski definition) is 14. The number of carbonyl (C=O) groups is 12. The second kappa shape index (κ2) is 36.5. The number of ether oxygens (including phenoxy) is 1. The summed E-state index contributed by atoms with van der Waals surface area (Å²) in [5, 5.41) is 23.0. The number of rotatable bonds is 17. The molecule has 0 saturated carbocycles. The third-order valence-corrected chi connectivity index (χ3v) is 16.9. The van der Waals surface area contributed by atoms with Gasteiger partial charge in [-0.3, -0.25) is 57.5 Å². The number of allylic oxidation sites excluding steroid dienone is 2. The zero-order valence-electron chi connectivity index (χ0n) is 59.9. The number of hydrogen-bond donors (Lipinski definition) is 5. The van der Waals surface area contributed by atoms with Crippen LogP contribution in [-0.4, -0.2) is 238 Å². The van der Waals surface area contributed by atoms with Crippen molar-refractivity contribution in [3.63, 3.8) is 0 Å². The van der Waals surface area contributed by atoms with E-state index in [0.717, 1.165) is 14.7 Å². The lowest BCUT2D eigenvalue weighted by Crippen LogP contribution is -2.63. The van der Waals surface area contributed by atoms with Gasteiger partial charge < -0.3 is 65.4 Å². The van der Waals surface area contributed by atoms with Crippen molar-refractivity contribution in [1.82, 2.24) is 55.6 Å². The highest BCUT2D eigenvalue weighted by molar-refractivity contribution is 5.99. The molecule has 0 radical (unpaired) electrons. The molecule has 5 N–H and O–H groups in total. The van der Waals surface area contributed by atoms with Gasteiger partial charge in [-0.1, -0.05) is 109 Å². The molecule has 1 heterocycles. The Morgan fingerprint density at radius 2 is 0.989 bits per heavy atom. The number of esters is 1. The molecule has 1 rings (SSSR count). The fourth-order valence-electron chi connectivity index (χ4n) is 11.1. The number of carbonyl (C=O) groups excluding carboxylic acids is 12. The monoisotopic (exact) mass is 1290 g/mol. The van der Waals surface area contributed by atoms with Crippen LogP contribution in [0.1, 0.15) is 170 Å². The van der Waals surface area contributed by atoms with E-state index in [9.17, 15) is 48.3 Å². The molecule has 0 aliphatic carbocycles. The van der Waals surface area contributed by atoms with Gasteiger partial charge >= 0.3 is 5.97 Å². The highest BCUT2D eigenvalue weighted by Crippen LogP contribution is 2.27. The number of amides is 11. The minimum absolute atomic E-state index is 0.0306. The molecule has 0 bridgehead atoms.